The first kappa shape index (κ1) is 44.6. The molecule has 0 aliphatic carbocycles. The van der Waals surface area contributed by atoms with E-state index in [-0.39, 0.29) is 11.5 Å². The van der Waals surface area contributed by atoms with Gasteiger partial charge in [-0.25, -0.2) is 0 Å². The Labute approximate surface area is 370 Å². The number of aromatic hydroxyl groups is 2. The van der Waals surface area contributed by atoms with Crippen LogP contribution in [0.2, 0.25) is 16.6 Å². The summed E-state index contributed by atoms with van der Waals surface area (Å²) in [6.07, 6.45) is 0. The van der Waals surface area contributed by atoms with Gasteiger partial charge in [0.1, 0.15) is 24.3 Å². The summed E-state index contributed by atoms with van der Waals surface area (Å²) in [5.41, 5.74) is 12.6. The van der Waals surface area contributed by atoms with Gasteiger partial charge < -0.3 is 28.3 Å². The van der Waals surface area contributed by atoms with Crippen LogP contribution in [0.5, 0.6) is 23.0 Å². The van der Waals surface area contributed by atoms with Crippen LogP contribution in [0.4, 0.5) is 0 Å². The highest BCUT2D eigenvalue weighted by molar-refractivity contribution is 14.2. The maximum Gasteiger partial charge on any atom is 0.258 e. The number of phenolic OH excluding ortho intramolecular Hbond substituents is 2. The Morgan fingerprint density at radius 2 is 0.898 bits per heavy atom. The average molecular weight is 961 g/mol. The van der Waals surface area contributed by atoms with Crippen molar-refractivity contribution in [2.45, 2.75) is 71.4 Å². The van der Waals surface area contributed by atoms with Crippen LogP contribution < -0.4 is 8.61 Å². The molecule has 6 aromatic carbocycles. The lowest BCUT2D eigenvalue weighted by molar-refractivity contribution is 0.185. The molecule has 0 heterocycles. The highest BCUT2D eigenvalue weighted by Crippen LogP contribution is 2.43. The highest BCUT2D eigenvalue weighted by atomic mass is 127. The largest absolute Gasteiger partial charge is 0.543 e. The summed E-state index contributed by atoms with van der Waals surface area (Å²) < 4.78 is 31.0. The summed E-state index contributed by atoms with van der Waals surface area (Å²) >= 11 is 2.15. The first-order valence-corrected chi connectivity index (χ1v) is 26.6. The lowest BCUT2D eigenvalue weighted by Gasteiger charge is -2.42. The molecule has 10 heteroatoms. The fraction of sp³-hybridized carbons (Fsp3) is 0.265. The number of halogens is 1. The Bertz CT molecular complexity index is 2300. The minimum absolute atomic E-state index is 0.253. The SMILES string of the molecule is COCc1cc(-c2ccc(O)cc2)ccc1-c1ccc(O)cc1.[3H]P=S(I)Oc1ccc(-c2ccc(-c3ccc(O[Si](C(C)C)(C(C)C)C(C)C)cc3)c(COC)c2)cc1. The van der Waals surface area contributed by atoms with E-state index in [2.05, 4.69) is 129 Å². The van der Waals surface area contributed by atoms with Crippen molar-refractivity contribution in [3.63, 3.8) is 0 Å². The molecule has 0 aliphatic heterocycles. The molecule has 0 aliphatic rings. The van der Waals surface area contributed by atoms with Crippen molar-refractivity contribution in [2.75, 3.05) is 14.2 Å². The van der Waals surface area contributed by atoms with E-state index in [0.29, 0.717) is 37.8 Å². The predicted octanol–water partition coefficient (Wildman–Crippen LogP) is 14.6. The van der Waals surface area contributed by atoms with E-state index in [1.807, 2.05) is 42.5 Å². The van der Waals surface area contributed by atoms with Crippen molar-refractivity contribution in [1.82, 2.24) is 0 Å². The van der Waals surface area contributed by atoms with E-state index in [0.717, 1.165) is 61.6 Å². The van der Waals surface area contributed by atoms with Gasteiger partial charge in [0, 0.05) is 35.4 Å². The second kappa shape index (κ2) is 21.5. The molecule has 6 aromatic rings. The molecule has 0 saturated heterocycles. The number of benzene rings is 6. The first-order valence-electron chi connectivity index (χ1n) is 20.2. The Kier molecular flexibility index (Phi) is 16.3. The molecule has 0 saturated carbocycles. The van der Waals surface area contributed by atoms with Crippen molar-refractivity contribution < 1.29 is 28.3 Å². The topological polar surface area (TPSA) is 77.4 Å². The van der Waals surface area contributed by atoms with Crippen molar-refractivity contribution in [3.05, 3.63) is 145 Å². The fourth-order valence-corrected chi connectivity index (χ4v) is 14.4. The van der Waals surface area contributed by atoms with Crippen LogP contribution >= 0.6 is 29.2 Å². The molecule has 2 N–H and O–H groups in total. The molecule has 0 aromatic heterocycles. The van der Waals surface area contributed by atoms with Crippen LogP contribution in [0.15, 0.2) is 133 Å². The fourth-order valence-electron chi connectivity index (χ4n) is 8.00. The quantitative estimate of drug-likeness (QED) is 0.0607. The molecule has 6 nitrogen and oxygen atoms in total. The van der Waals surface area contributed by atoms with Crippen molar-refractivity contribution in [3.8, 4) is 67.5 Å². The van der Waals surface area contributed by atoms with Crippen LogP contribution in [0.1, 0.15) is 52.7 Å². The molecule has 1 atom stereocenters. The Balaban J connectivity index is 0.000000253. The van der Waals surface area contributed by atoms with E-state index in [1.165, 1.54) is 5.56 Å². The van der Waals surface area contributed by atoms with E-state index in [9.17, 15) is 10.2 Å². The number of ether oxygens (including phenoxy) is 2. The third kappa shape index (κ3) is 11.9. The van der Waals surface area contributed by atoms with Crippen LogP contribution in [0.3, 0.4) is 0 Å². The van der Waals surface area contributed by atoms with E-state index >= 15 is 0 Å². The van der Waals surface area contributed by atoms with Gasteiger partial charge >= 0.3 is 0 Å². The molecule has 6 rings (SSSR count). The van der Waals surface area contributed by atoms with Gasteiger partial charge in [0.2, 0.25) is 0 Å². The smallest absolute Gasteiger partial charge is 0.258 e. The zero-order valence-corrected chi connectivity index (χ0v) is 40.0. The van der Waals surface area contributed by atoms with Crippen molar-refractivity contribution in [1.29, 1.82) is 1.28 Å². The van der Waals surface area contributed by atoms with Gasteiger partial charge in [-0.1, -0.05) is 114 Å². The molecule has 0 fully saturated rings. The van der Waals surface area contributed by atoms with Crippen LogP contribution in [-0.2, 0) is 30.2 Å². The zero-order chi connectivity index (χ0) is 43.4. The minimum atomic E-state index is -1.99. The highest BCUT2D eigenvalue weighted by Gasteiger charge is 2.47. The van der Waals surface area contributed by atoms with E-state index in [4.69, 9.17) is 19.4 Å². The molecule has 0 radical (unpaired) electrons. The van der Waals surface area contributed by atoms with Gasteiger partial charge in [0.25, 0.3) is 8.32 Å². The van der Waals surface area contributed by atoms with Gasteiger partial charge in [-0.3, -0.25) is 0 Å². The molecule has 310 valence electrons. The number of hydrogen-bond acceptors (Lipinski definition) is 6. The molecule has 59 heavy (non-hydrogen) atoms. The van der Waals surface area contributed by atoms with Gasteiger partial charge in [-0.2, -0.15) is 0 Å². The lowest BCUT2D eigenvalue weighted by Crippen LogP contribution is -2.50. The number of rotatable bonds is 15. The number of hydrogen-bond donors (Lipinski definition) is 2. The maximum absolute atomic E-state index is 9.45. The average Bonchev–Trinajstić information content (AvgIpc) is 3.24. The summed E-state index contributed by atoms with van der Waals surface area (Å²) in [5, 5.41) is 18.9. The van der Waals surface area contributed by atoms with Gasteiger partial charge in [0.15, 0.2) is 0 Å². The predicted molar refractivity (Wildman–Crippen MR) is 261 cm³/mol. The summed E-state index contributed by atoms with van der Waals surface area (Å²) in [6.45, 7) is 14.9. The lowest BCUT2D eigenvalue weighted by atomic mass is 9.95. The monoisotopic (exact) mass is 960 g/mol. The van der Waals surface area contributed by atoms with Gasteiger partial charge in [0.05, 0.1) is 20.7 Å². The molecule has 0 spiro atoms. The molecule has 0 bridgehead atoms. The zero-order valence-electron chi connectivity index (χ0n) is 36.1. The van der Waals surface area contributed by atoms with E-state index < -0.39 is 15.8 Å². The van der Waals surface area contributed by atoms with Gasteiger partial charge in [-0.15, -0.1) is 0 Å². The molecular weight excluding hydrogens is 903 g/mol. The van der Waals surface area contributed by atoms with Crippen LogP contribution in [0.25, 0.3) is 44.5 Å². The number of methoxy groups -OCH3 is 2. The van der Waals surface area contributed by atoms with Crippen molar-refractivity contribution >= 4 is 45.0 Å². The second-order valence-electron chi connectivity index (χ2n) is 15.5. The summed E-state index contributed by atoms with van der Waals surface area (Å²) in [7, 11) is 1.47. The Morgan fingerprint density at radius 3 is 1.29 bits per heavy atom. The van der Waals surface area contributed by atoms with E-state index in [1.54, 1.807) is 38.5 Å². The normalized spacial score (nSPS) is 12.3. The van der Waals surface area contributed by atoms with Crippen LogP contribution in [0, 0.1) is 0 Å². The standard InChI is InChI=1S/C29H38IO3PSSi.C20H18O3/c1-20(2)36(21(3)4,22(5)6)33-28-15-10-24(11-16-28)29-17-12-25(18-26(29)19-31-7)23-8-13-27(14-9-23)32-35(30)34;1-23-13-17-12-16(14-2-7-18(21)8-3-14)6-11-20(17)15-4-9-19(22)10-5-15/h8-18,20-22,34H,19H2,1-7H3;2-12,21-22H,13H2,1H3/i34T;. The van der Waals surface area contributed by atoms with Crippen molar-refractivity contribution in [2.24, 2.45) is 0 Å². The molecule has 1 unspecified atom stereocenters. The Hall–Kier alpha value is -3.96. The summed E-state index contributed by atoms with van der Waals surface area (Å²) in [6, 6.07) is 43.7. The summed E-state index contributed by atoms with van der Waals surface area (Å²) in [4.78, 5) is 0. The molecule has 0 amide bonds. The maximum atomic E-state index is 9.45. The third-order valence-corrected chi connectivity index (χ3v) is 17.8. The Morgan fingerprint density at radius 1 is 0.542 bits per heavy atom. The third-order valence-electron chi connectivity index (χ3n) is 10.7. The van der Waals surface area contributed by atoms with Crippen LogP contribution in [-0.4, -0.2) is 34.0 Å². The number of phenols is 2. The van der Waals surface area contributed by atoms with Gasteiger partial charge in [-0.05, 0) is 141 Å². The summed E-state index contributed by atoms with van der Waals surface area (Å²) in [5.74, 6) is 2.27. The molecular formula is C49H56IO6PSSi. The first-order chi connectivity index (χ1) is 28.8. The second-order valence-corrected chi connectivity index (χ2v) is 26.9. The minimum Gasteiger partial charge on any atom is -0.543 e.